The number of hydrogen-bond acceptors (Lipinski definition) is 6. The molecule has 3 rings (SSSR count). The molecule has 0 unspecified atom stereocenters. The molecule has 3 N–H and O–H groups in total. The molecule has 0 bridgehead atoms. The Morgan fingerprint density at radius 1 is 1.27 bits per heavy atom. The molecule has 8 heteroatoms. The van der Waals surface area contributed by atoms with Gasteiger partial charge in [-0.1, -0.05) is 23.9 Å². The predicted molar refractivity (Wildman–Crippen MR) is 117 cm³/mol. The Balaban J connectivity index is 1.68. The molecule has 1 heterocycles. The van der Waals surface area contributed by atoms with Crippen molar-refractivity contribution in [2.24, 2.45) is 4.99 Å². The molecule has 0 radical (unpaired) electrons. The van der Waals surface area contributed by atoms with E-state index in [9.17, 15) is 4.79 Å². The molecule has 0 aliphatic heterocycles. The quantitative estimate of drug-likeness (QED) is 0.500. The van der Waals surface area contributed by atoms with Crippen molar-refractivity contribution in [3.05, 3.63) is 83.4 Å². The van der Waals surface area contributed by atoms with Crippen LogP contribution < -0.4 is 10.6 Å². The lowest BCUT2D eigenvalue weighted by atomic mass is 10.1. The molecule has 8 nitrogen and oxygen atoms in total. The van der Waals surface area contributed by atoms with Gasteiger partial charge in [0.1, 0.15) is 11.5 Å². The number of hydrogen-bond donors (Lipinski definition) is 3. The van der Waals surface area contributed by atoms with E-state index in [-0.39, 0.29) is 12.5 Å². The first-order valence-corrected chi connectivity index (χ1v) is 9.46. The summed E-state index contributed by atoms with van der Waals surface area (Å²) in [6, 6.07) is 14.8. The minimum Gasteiger partial charge on any atom is -0.396 e. The summed E-state index contributed by atoms with van der Waals surface area (Å²) >= 11 is 0. The molecule has 30 heavy (non-hydrogen) atoms. The molecule has 1 amide bonds. The number of aliphatic hydroxyl groups excluding tert-OH is 1. The smallest absolute Gasteiger partial charge is 0.251 e. The van der Waals surface area contributed by atoms with Crippen molar-refractivity contribution >= 4 is 17.8 Å². The Kier molecular flexibility index (Phi) is 6.71. The number of anilines is 1. The lowest BCUT2D eigenvalue weighted by Gasteiger charge is -2.06. The van der Waals surface area contributed by atoms with Gasteiger partial charge in [0.05, 0.1) is 17.6 Å². The zero-order valence-electron chi connectivity index (χ0n) is 17.0. The van der Waals surface area contributed by atoms with E-state index in [1.165, 1.54) is 0 Å². The van der Waals surface area contributed by atoms with E-state index in [1.54, 1.807) is 42.2 Å². The number of rotatable bonds is 8. The van der Waals surface area contributed by atoms with E-state index >= 15 is 0 Å². The Bertz CT molecular complexity index is 1070. The molecule has 0 aliphatic rings. The second-order valence-electron chi connectivity index (χ2n) is 6.60. The van der Waals surface area contributed by atoms with Gasteiger partial charge in [-0.15, -0.1) is 5.10 Å². The summed E-state index contributed by atoms with van der Waals surface area (Å²) in [6.07, 6.45) is 2.19. The number of carbonyl (C=O) groups is 1. The number of nitrogens with zero attached hydrogens (tertiary/aromatic N) is 4. The molecular formula is C22H24N6O2. The summed E-state index contributed by atoms with van der Waals surface area (Å²) in [5, 5.41) is 23.2. The van der Waals surface area contributed by atoms with Gasteiger partial charge in [0.25, 0.3) is 5.91 Å². The average molecular weight is 404 g/mol. The summed E-state index contributed by atoms with van der Waals surface area (Å²) in [5.74, 6) is 0.292. The first-order chi connectivity index (χ1) is 14.5. The summed E-state index contributed by atoms with van der Waals surface area (Å²) in [5.41, 5.74) is 4.71. The van der Waals surface area contributed by atoms with Crippen molar-refractivity contribution < 1.29 is 9.90 Å². The Morgan fingerprint density at radius 2 is 2.03 bits per heavy atom. The van der Waals surface area contributed by atoms with Crippen LogP contribution in [0.3, 0.4) is 0 Å². The van der Waals surface area contributed by atoms with Crippen molar-refractivity contribution in [2.45, 2.75) is 13.3 Å². The summed E-state index contributed by atoms with van der Waals surface area (Å²) in [4.78, 5) is 15.9. The first-order valence-electron chi connectivity index (χ1n) is 9.46. The zero-order valence-corrected chi connectivity index (χ0v) is 17.0. The number of amides is 1. The van der Waals surface area contributed by atoms with Gasteiger partial charge in [0.2, 0.25) is 0 Å². The highest BCUT2D eigenvalue weighted by molar-refractivity contribution is 5.94. The van der Waals surface area contributed by atoms with Gasteiger partial charge in [0.15, 0.2) is 0 Å². The molecule has 3 aromatic rings. The van der Waals surface area contributed by atoms with Crippen LogP contribution in [-0.4, -0.2) is 45.9 Å². The van der Waals surface area contributed by atoms with Gasteiger partial charge in [-0.3, -0.25) is 4.79 Å². The number of aliphatic imine (C=N–C) groups is 1. The van der Waals surface area contributed by atoms with E-state index in [4.69, 9.17) is 5.11 Å². The van der Waals surface area contributed by atoms with Gasteiger partial charge < -0.3 is 15.7 Å². The fourth-order valence-corrected chi connectivity index (χ4v) is 2.87. The Morgan fingerprint density at radius 3 is 2.73 bits per heavy atom. The normalized spacial score (nSPS) is 10.9. The van der Waals surface area contributed by atoms with Crippen molar-refractivity contribution in [2.75, 3.05) is 19.0 Å². The topological polar surface area (TPSA) is 104 Å². The van der Waals surface area contributed by atoms with Gasteiger partial charge in [-0.05, 0) is 55.3 Å². The SMILES string of the molecule is C=C(/N=C\c1nnn(-c2cccc(CCO)c2)c1C)Nc1ccc(C(=O)NC)cc1. The van der Waals surface area contributed by atoms with Crippen LogP contribution in [0.1, 0.15) is 27.3 Å². The maximum absolute atomic E-state index is 11.6. The second kappa shape index (κ2) is 9.62. The Hall–Kier alpha value is -3.78. The second-order valence-corrected chi connectivity index (χ2v) is 6.60. The number of aliphatic hydroxyl groups is 1. The van der Waals surface area contributed by atoms with Crippen molar-refractivity contribution in [1.82, 2.24) is 20.3 Å². The highest BCUT2D eigenvalue weighted by Crippen LogP contribution is 2.15. The molecule has 0 saturated carbocycles. The van der Waals surface area contributed by atoms with E-state index in [0.29, 0.717) is 23.5 Å². The van der Waals surface area contributed by atoms with Crippen LogP contribution in [0, 0.1) is 6.92 Å². The standard InChI is InChI=1S/C22H24N6O2/c1-15-21(26-27-28(15)20-6-4-5-17(13-20)11-12-29)14-24-16(2)25-19-9-7-18(8-10-19)22(30)23-3/h4-10,13-14,25,29H,2,11-12H2,1,3H3,(H,23,30)/b24-14-. The third-order valence-electron chi connectivity index (χ3n) is 4.49. The van der Waals surface area contributed by atoms with Crippen molar-refractivity contribution in [3.63, 3.8) is 0 Å². The van der Waals surface area contributed by atoms with Crippen LogP contribution in [0.15, 0.2) is 65.9 Å². The lowest BCUT2D eigenvalue weighted by Crippen LogP contribution is -2.17. The highest BCUT2D eigenvalue weighted by Gasteiger charge is 2.09. The summed E-state index contributed by atoms with van der Waals surface area (Å²) < 4.78 is 1.73. The molecule has 154 valence electrons. The van der Waals surface area contributed by atoms with E-state index in [2.05, 4.69) is 32.5 Å². The van der Waals surface area contributed by atoms with E-state index < -0.39 is 0 Å². The number of aromatic nitrogens is 3. The third-order valence-corrected chi connectivity index (χ3v) is 4.49. The molecule has 0 spiro atoms. The third kappa shape index (κ3) is 4.98. The zero-order chi connectivity index (χ0) is 21.5. The maximum Gasteiger partial charge on any atom is 0.251 e. The van der Waals surface area contributed by atoms with Crippen molar-refractivity contribution in [3.8, 4) is 5.69 Å². The minimum absolute atomic E-state index is 0.0986. The number of nitrogens with one attached hydrogen (secondary N) is 2. The largest absolute Gasteiger partial charge is 0.396 e. The fourth-order valence-electron chi connectivity index (χ4n) is 2.87. The molecule has 0 atom stereocenters. The molecule has 2 aromatic carbocycles. The molecule has 0 fully saturated rings. The van der Waals surface area contributed by atoms with Crippen LogP contribution in [-0.2, 0) is 6.42 Å². The fraction of sp³-hybridized carbons (Fsp3) is 0.182. The van der Waals surface area contributed by atoms with Crippen LogP contribution in [0.2, 0.25) is 0 Å². The molecule has 0 saturated heterocycles. The van der Waals surface area contributed by atoms with E-state index in [0.717, 1.165) is 22.6 Å². The van der Waals surface area contributed by atoms with Crippen LogP contribution >= 0.6 is 0 Å². The van der Waals surface area contributed by atoms with Crippen LogP contribution in [0.5, 0.6) is 0 Å². The predicted octanol–water partition coefficient (Wildman–Crippen LogP) is 2.47. The molecular weight excluding hydrogens is 380 g/mol. The molecule has 0 aliphatic carbocycles. The molecule has 1 aromatic heterocycles. The van der Waals surface area contributed by atoms with Gasteiger partial charge in [-0.25, -0.2) is 9.67 Å². The van der Waals surface area contributed by atoms with Crippen molar-refractivity contribution in [1.29, 1.82) is 0 Å². The average Bonchev–Trinajstić information content (AvgIpc) is 3.13. The van der Waals surface area contributed by atoms with E-state index in [1.807, 2.05) is 31.2 Å². The van der Waals surface area contributed by atoms with Crippen LogP contribution in [0.25, 0.3) is 5.69 Å². The van der Waals surface area contributed by atoms with Gasteiger partial charge in [0, 0.05) is 24.9 Å². The van der Waals surface area contributed by atoms with Gasteiger partial charge in [-0.2, -0.15) is 0 Å². The first kappa shape index (κ1) is 20.9. The Labute approximate surface area is 175 Å². The lowest BCUT2D eigenvalue weighted by molar-refractivity contribution is 0.0963. The minimum atomic E-state index is -0.140. The monoisotopic (exact) mass is 404 g/mol. The summed E-state index contributed by atoms with van der Waals surface area (Å²) in [7, 11) is 1.59. The number of carbonyl (C=O) groups excluding carboxylic acids is 1. The number of benzene rings is 2. The highest BCUT2D eigenvalue weighted by atomic mass is 16.3. The van der Waals surface area contributed by atoms with Gasteiger partial charge >= 0.3 is 0 Å². The van der Waals surface area contributed by atoms with Crippen LogP contribution in [0.4, 0.5) is 5.69 Å². The maximum atomic E-state index is 11.6. The summed E-state index contributed by atoms with van der Waals surface area (Å²) in [6.45, 7) is 5.91.